The Hall–Kier alpha value is -1.32. The van der Waals surface area contributed by atoms with Crippen molar-refractivity contribution >= 4 is 11.9 Å². The number of hydrogen-bond donors (Lipinski definition) is 1. The normalized spacial score (nSPS) is 11.7. The number of carbonyl (C=O) groups is 2. The Kier molecular flexibility index (Phi) is 22.5. The lowest BCUT2D eigenvalue weighted by Gasteiger charge is -2.21. The maximum Gasteiger partial charge on any atom is 0.328 e. The number of carboxylic acids is 1. The summed E-state index contributed by atoms with van der Waals surface area (Å²) in [6.07, 6.45) is 25.0. The van der Waals surface area contributed by atoms with Crippen molar-refractivity contribution in [1.82, 2.24) is 4.90 Å². The summed E-state index contributed by atoms with van der Waals surface area (Å²) < 4.78 is 0. The largest absolute Gasteiger partial charge is 0.478 e. The zero-order valence-corrected chi connectivity index (χ0v) is 23.2. The molecule has 0 radical (unpaired) electrons. The van der Waals surface area contributed by atoms with E-state index in [2.05, 4.69) is 27.7 Å². The Bertz CT molecular complexity index is 485. The lowest BCUT2D eigenvalue weighted by molar-refractivity contribution is -0.132. The third kappa shape index (κ3) is 23.8. The third-order valence-electron chi connectivity index (χ3n) is 6.60. The van der Waals surface area contributed by atoms with Crippen LogP contribution in [0.5, 0.6) is 0 Å². The van der Waals surface area contributed by atoms with Crippen LogP contribution in [0.25, 0.3) is 0 Å². The Morgan fingerprint density at radius 2 is 0.882 bits per heavy atom. The molecule has 1 N–H and O–H groups in total. The fourth-order valence-electron chi connectivity index (χ4n) is 4.41. The molecule has 0 saturated heterocycles. The van der Waals surface area contributed by atoms with E-state index in [4.69, 9.17) is 5.11 Å². The van der Waals surface area contributed by atoms with Gasteiger partial charge in [-0.2, -0.15) is 0 Å². The first kappa shape index (κ1) is 32.7. The first-order valence-electron chi connectivity index (χ1n) is 14.5. The molecular weight excluding hydrogens is 422 g/mol. The van der Waals surface area contributed by atoms with Gasteiger partial charge in [-0.1, -0.05) is 130 Å². The molecule has 0 atom stereocenters. The summed E-state index contributed by atoms with van der Waals surface area (Å²) in [6, 6.07) is 0. The van der Waals surface area contributed by atoms with Crippen LogP contribution in [0.1, 0.15) is 143 Å². The molecule has 0 rings (SSSR count). The van der Waals surface area contributed by atoms with Crippen LogP contribution in [0.15, 0.2) is 12.2 Å². The van der Waals surface area contributed by atoms with Crippen molar-refractivity contribution in [3.63, 3.8) is 0 Å². The van der Waals surface area contributed by atoms with E-state index in [0.717, 1.165) is 56.7 Å². The van der Waals surface area contributed by atoms with E-state index in [1.807, 2.05) is 4.90 Å². The summed E-state index contributed by atoms with van der Waals surface area (Å²) in [5, 5.41) is 8.84. The smallest absolute Gasteiger partial charge is 0.328 e. The Balaban J connectivity index is 3.97. The molecule has 1 amide bonds. The summed E-state index contributed by atoms with van der Waals surface area (Å²) in [7, 11) is 0. The van der Waals surface area contributed by atoms with Crippen molar-refractivity contribution < 1.29 is 14.7 Å². The van der Waals surface area contributed by atoms with Gasteiger partial charge >= 0.3 is 5.97 Å². The molecule has 0 unspecified atom stereocenters. The molecule has 4 nitrogen and oxygen atoms in total. The Morgan fingerprint density at radius 1 is 0.559 bits per heavy atom. The molecule has 0 heterocycles. The van der Waals surface area contributed by atoms with E-state index >= 15 is 0 Å². The lowest BCUT2D eigenvalue weighted by atomic mass is 10.0. The third-order valence-corrected chi connectivity index (χ3v) is 6.60. The number of carbonyl (C=O) groups excluding carboxylic acids is 1. The quantitative estimate of drug-likeness (QED) is 0.111. The molecule has 34 heavy (non-hydrogen) atoms. The minimum absolute atomic E-state index is 0.155. The summed E-state index contributed by atoms with van der Waals surface area (Å²) in [5.41, 5.74) is 0. The molecule has 0 spiro atoms. The predicted molar refractivity (Wildman–Crippen MR) is 146 cm³/mol. The van der Waals surface area contributed by atoms with Gasteiger partial charge in [0.05, 0.1) is 0 Å². The summed E-state index contributed by atoms with van der Waals surface area (Å²) in [6.45, 7) is 10.7. The molecular formula is C30H57NO3. The number of unbranched alkanes of at least 4 members (excludes halogenated alkanes) is 14. The molecule has 0 fully saturated rings. The lowest BCUT2D eigenvalue weighted by Crippen LogP contribution is -2.31. The van der Waals surface area contributed by atoms with E-state index < -0.39 is 5.97 Å². The highest BCUT2D eigenvalue weighted by atomic mass is 16.4. The van der Waals surface area contributed by atoms with Crippen molar-refractivity contribution in [2.24, 2.45) is 11.8 Å². The fourth-order valence-corrected chi connectivity index (χ4v) is 4.41. The van der Waals surface area contributed by atoms with E-state index in [-0.39, 0.29) is 5.91 Å². The predicted octanol–water partition coefficient (Wildman–Crippen LogP) is 8.79. The van der Waals surface area contributed by atoms with E-state index in [1.54, 1.807) is 0 Å². The summed E-state index contributed by atoms with van der Waals surface area (Å²) >= 11 is 0. The van der Waals surface area contributed by atoms with Crippen LogP contribution in [0.2, 0.25) is 0 Å². The van der Waals surface area contributed by atoms with Gasteiger partial charge in [0, 0.05) is 25.2 Å². The minimum atomic E-state index is -1.06. The number of hydrogen-bond acceptors (Lipinski definition) is 2. The van der Waals surface area contributed by atoms with Crippen LogP contribution in [-0.2, 0) is 9.59 Å². The SMILES string of the molecule is CC(C)CCCCCCCCCCN(CCCCCCCCCCC(C)C)C(=O)C=CC(=O)O. The standard InChI is InChI=1S/C30H57NO3/c1-27(2)21-17-13-9-5-7-11-15-19-25-31(29(32)23-24-30(33)34)26-20-16-12-8-6-10-14-18-22-28(3)4/h23-24,27-28H,5-22,25-26H2,1-4H3,(H,33,34). The van der Waals surface area contributed by atoms with Crippen LogP contribution >= 0.6 is 0 Å². The number of carboxylic acid groups (broad SMARTS) is 1. The molecule has 0 aromatic rings. The van der Waals surface area contributed by atoms with Gasteiger partial charge in [0.25, 0.3) is 0 Å². The fraction of sp³-hybridized carbons (Fsp3) is 0.867. The topological polar surface area (TPSA) is 57.6 Å². The zero-order chi connectivity index (χ0) is 25.4. The highest BCUT2D eigenvalue weighted by molar-refractivity contribution is 5.93. The molecule has 0 aliphatic rings. The maximum absolute atomic E-state index is 12.5. The van der Waals surface area contributed by atoms with Gasteiger partial charge in [-0.25, -0.2) is 4.79 Å². The van der Waals surface area contributed by atoms with Crippen LogP contribution < -0.4 is 0 Å². The van der Waals surface area contributed by atoms with Gasteiger partial charge in [0.2, 0.25) is 5.91 Å². The monoisotopic (exact) mass is 479 g/mol. The van der Waals surface area contributed by atoms with Crippen molar-refractivity contribution in [2.45, 2.75) is 143 Å². The van der Waals surface area contributed by atoms with Gasteiger partial charge in [0.1, 0.15) is 0 Å². The first-order chi connectivity index (χ1) is 16.3. The minimum Gasteiger partial charge on any atom is -0.478 e. The van der Waals surface area contributed by atoms with E-state index in [1.165, 1.54) is 96.0 Å². The Labute approximate surface area is 212 Å². The molecule has 200 valence electrons. The summed E-state index contributed by atoms with van der Waals surface area (Å²) in [5.74, 6) is 0.425. The second kappa shape index (κ2) is 23.4. The second-order valence-electron chi connectivity index (χ2n) is 11.0. The van der Waals surface area contributed by atoms with E-state index in [9.17, 15) is 9.59 Å². The Morgan fingerprint density at radius 3 is 1.21 bits per heavy atom. The second-order valence-corrected chi connectivity index (χ2v) is 11.0. The molecule has 0 saturated carbocycles. The first-order valence-corrected chi connectivity index (χ1v) is 14.5. The number of aliphatic carboxylic acids is 1. The molecule has 0 aliphatic carbocycles. The zero-order valence-electron chi connectivity index (χ0n) is 23.2. The van der Waals surface area contributed by atoms with Crippen molar-refractivity contribution in [3.8, 4) is 0 Å². The van der Waals surface area contributed by atoms with Gasteiger partial charge in [-0.05, 0) is 24.7 Å². The number of nitrogens with zero attached hydrogens (tertiary/aromatic N) is 1. The average Bonchev–Trinajstić information content (AvgIpc) is 2.77. The van der Waals surface area contributed by atoms with E-state index in [0.29, 0.717) is 0 Å². The average molecular weight is 480 g/mol. The number of rotatable bonds is 24. The van der Waals surface area contributed by atoms with Crippen molar-refractivity contribution in [2.75, 3.05) is 13.1 Å². The van der Waals surface area contributed by atoms with Crippen LogP contribution in [0, 0.1) is 11.8 Å². The molecule has 0 aromatic heterocycles. The van der Waals surface area contributed by atoms with Gasteiger partial charge in [-0.3, -0.25) is 4.79 Å². The van der Waals surface area contributed by atoms with Crippen LogP contribution in [0.4, 0.5) is 0 Å². The summed E-state index contributed by atoms with van der Waals surface area (Å²) in [4.78, 5) is 25.1. The highest BCUT2D eigenvalue weighted by Gasteiger charge is 2.10. The highest BCUT2D eigenvalue weighted by Crippen LogP contribution is 2.14. The molecule has 0 aromatic carbocycles. The van der Waals surface area contributed by atoms with Gasteiger partial charge in [0.15, 0.2) is 0 Å². The van der Waals surface area contributed by atoms with Crippen LogP contribution in [0.3, 0.4) is 0 Å². The van der Waals surface area contributed by atoms with Gasteiger partial charge < -0.3 is 10.0 Å². The maximum atomic E-state index is 12.5. The van der Waals surface area contributed by atoms with Crippen molar-refractivity contribution in [1.29, 1.82) is 0 Å². The number of amides is 1. The molecule has 0 aliphatic heterocycles. The van der Waals surface area contributed by atoms with Gasteiger partial charge in [-0.15, -0.1) is 0 Å². The molecule has 0 bridgehead atoms. The van der Waals surface area contributed by atoms with Crippen molar-refractivity contribution in [3.05, 3.63) is 12.2 Å². The molecule has 4 heteroatoms. The van der Waals surface area contributed by atoms with Crippen LogP contribution in [-0.4, -0.2) is 35.0 Å².